The van der Waals surface area contributed by atoms with E-state index >= 15 is 0 Å². The van der Waals surface area contributed by atoms with E-state index in [1.165, 1.54) is 7.11 Å². The molecule has 8 heteroatoms. The van der Waals surface area contributed by atoms with Crippen LogP contribution in [0.2, 0.25) is 0 Å². The number of esters is 1. The maximum atomic E-state index is 13.6. The molecule has 1 aromatic rings. The van der Waals surface area contributed by atoms with E-state index in [4.69, 9.17) is 9.47 Å². The first-order valence-electron chi connectivity index (χ1n) is 13.4. The Morgan fingerprint density at radius 2 is 1.65 bits per heavy atom. The van der Waals surface area contributed by atoms with Gasteiger partial charge in [-0.25, -0.2) is 4.79 Å². The molecule has 0 aliphatic heterocycles. The summed E-state index contributed by atoms with van der Waals surface area (Å²) in [7, 11) is 1.38. The van der Waals surface area contributed by atoms with Crippen molar-refractivity contribution in [2.75, 3.05) is 13.7 Å². The second kappa shape index (κ2) is 10.9. The van der Waals surface area contributed by atoms with Crippen molar-refractivity contribution in [1.82, 2.24) is 4.90 Å². The highest BCUT2D eigenvalue weighted by molar-refractivity contribution is 5.70. The standard InChI is InChI=1S/C29H42F3NO4/c1-20(2)12-18-33(25(35)37-26(3,4)5)28-16-14-27(15-17-28,13-11-24(34)36-6)19-23(28)21-7-9-22(10-8-21)29(30,31)32/h7-10,20,23H,11-19H2,1-6H3/t23-,27?,28?/m1/s1. The van der Waals surface area contributed by atoms with Gasteiger partial charge in [-0.15, -0.1) is 0 Å². The van der Waals surface area contributed by atoms with Gasteiger partial charge in [-0.1, -0.05) is 26.0 Å². The molecule has 0 aromatic heterocycles. The molecule has 1 atom stereocenters. The van der Waals surface area contributed by atoms with Crippen LogP contribution >= 0.6 is 0 Å². The lowest BCUT2D eigenvalue weighted by Crippen LogP contribution is -2.63. The van der Waals surface area contributed by atoms with Crippen LogP contribution in [-0.2, 0) is 20.4 Å². The van der Waals surface area contributed by atoms with Crippen molar-refractivity contribution in [2.45, 2.75) is 109 Å². The summed E-state index contributed by atoms with van der Waals surface area (Å²) < 4.78 is 50.7. The van der Waals surface area contributed by atoms with Crippen molar-refractivity contribution in [3.8, 4) is 0 Å². The van der Waals surface area contributed by atoms with E-state index in [0.717, 1.165) is 49.8 Å². The Hall–Kier alpha value is -2.25. The van der Waals surface area contributed by atoms with Crippen molar-refractivity contribution < 1.29 is 32.2 Å². The molecule has 0 N–H and O–H groups in total. The van der Waals surface area contributed by atoms with Crippen molar-refractivity contribution >= 4 is 12.1 Å². The van der Waals surface area contributed by atoms with Gasteiger partial charge in [-0.05, 0) is 94.7 Å². The van der Waals surface area contributed by atoms with E-state index in [1.54, 1.807) is 12.1 Å². The number of fused-ring (bicyclic) bond motifs is 3. The van der Waals surface area contributed by atoms with Crippen molar-refractivity contribution in [3.63, 3.8) is 0 Å². The average Bonchev–Trinajstić information content (AvgIpc) is 2.81. The number of alkyl halides is 3. The van der Waals surface area contributed by atoms with Crippen LogP contribution in [0.25, 0.3) is 0 Å². The minimum Gasteiger partial charge on any atom is -0.469 e. The summed E-state index contributed by atoms with van der Waals surface area (Å²) in [6.07, 6.45) is 0.846. The zero-order valence-electron chi connectivity index (χ0n) is 23.0. The van der Waals surface area contributed by atoms with Gasteiger partial charge in [0.25, 0.3) is 0 Å². The lowest BCUT2D eigenvalue weighted by molar-refractivity contribution is -0.142. The van der Waals surface area contributed by atoms with E-state index in [0.29, 0.717) is 31.7 Å². The van der Waals surface area contributed by atoms with Crippen LogP contribution in [-0.4, -0.2) is 41.8 Å². The Labute approximate surface area is 219 Å². The fraction of sp³-hybridized carbons (Fsp3) is 0.724. The molecule has 3 saturated carbocycles. The normalized spacial score (nSPS) is 25.7. The molecular weight excluding hydrogens is 483 g/mol. The molecule has 3 fully saturated rings. The molecule has 1 amide bonds. The van der Waals surface area contributed by atoms with Crippen molar-refractivity contribution in [1.29, 1.82) is 0 Å². The van der Waals surface area contributed by atoms with Gasteiger partial charge in [-0.3, -0.25) is 4.79 Å². The summed E-state index contributed by atoms with van der Waals surface area (Å²) in [5.41, 5.74) is -1.21. The largest absolute Gasteiger partial charge is 0.469 e. The number of hydrogen-bond donors (Lipinski definition) is 0. The predicted molar refractivity (Wildman–Crippen MR) is 136 cm³/mol. The molecule has 208 valence electrons. The van der Waals surface area contributed by atoms with Crippen LogP contribution in [0.15, 0.2) is 24.3 Å². The lowest BCUT2D eigenvalue weighted by Gasteiger charge is -2.61. The maximum Gasteiger partial charge on any atom is 0.416 e. The minimum atomic E-state index is -4.41. The zero-order valence-corrected chi connectivity index (χ0v) is 23.0. The summed E-state index contributed by atoms with van der Waals surface area (Å²) in [6, 6.07) is 5.41. The second-order valence-corrected chi connectivity index (χ2v) is 12.4. The number of amides is 1. The summed E-state index contributed by atoms with van der Waals surface area (Å²) >= 11 is 0. The van der Waals surface area contributed by atoms with Crippen LogP contribution in [0.5, 0.6) is 0 Å². The summed E-state index contributed by atoms with van der Waals surface area (Å²) in [5, 5.41) is 0. The number of halogens is 3. The van der Waals surface area contributed by atoms with E-state index in [9.17, 15) is 22.8 Å². The molecule has 3 aliphatic carbocycles. The topological polar surface area (TPSA) is 55.8 Å². The monoisotopic (exact) mass is 525 g/mol. The fourth-order valence-corrected chi connectivity index (χ4v) is 6.20. The predicted octanol–water partition coefficient (Wildman–Crippen LogP) is 7.73. The molecule has 0 saturated heterocycles. The lowest BCUT2D eigenvalue weighted by atomic mass is 9.50. The third-order valence-corrected chi connectivity index (χ3v) is 8.27. The molecule has 0 spiro atoms. The van der Waals surface area contributed by atoms with E-state index in [1.807, 2.05) is 25.7 Å². The number of carbonyl (C=O) groups excluding carboxylic acids is 2. The van der Waals surface area contributed by atoms with Crippen LogP contribution in [0, 0.1) is 11.3 Å². The minimum absolute atomic E-state index is 0.110. The van der Waals surface area contributed by atoms with Gasteiger partial charge < -0.3 is 14.4 Å². The number of ether oxygens (including phenoxy) is 2. The molecule has 37 heavy (non-hydrogen) atoms. The Bertz CT molecular complexity index is 941. The highest BCUT2D eigenvalue weighted by atomic mass is 19.4. The maximum absolute atomic E-state index is 13.6. The molecule has 2 bridgehead atoms. The average molecular weight is 526 g/mol. The van der Waals surface area contributed by atoms with E-state index < -0.39 is 22.9 Å². The molecule has 4 rings (SSSR count). The Morgan fingerprint density at radius 1 is 1.05 bits per heavy atom. The van der Waals surface area contributed by atoms with E-state index in [-0.39, 0.29) is 23.4 Å². The second-order valence-electron chi connectivity index (χ2n) is 12.4. The first kappa shape index (κ1) is 29.3. The zero-order chi connectivity index (χ0) is 27.6. The van der Waals surface area contributed by atoms with Gasteiger partial charge in [0.2, 0.25) is 0 Å². The van der Waals surface area contributed by atoms with Crippen molar-refractivity contribution in [3.05, 3.63) is 35.4 Å². The van der Waals surface area contributed by atoms with Crippen LogP contribution in [0.4, 0.5) is 18.0 Å². The molecular formula is C29H42F3NO4. The SMILES string of the molecule is COC(=O)CCC12CCC(N(CCC(C)C)C(=O)OC(C)(C)C)(CC1)[C@@H](c1ccc(C(F)(F)F)cc1)C2. The van der Waals surface area contributed by atoms with Crippen LogP contribution in [0.1, 0.15) is 103 Å². The molecule has 0 unspecified atom stereocenters. The van der Waals surface area contributed by atoms with Gasteiger partial charge in [-0.2, -0.15) is 13.2 Å². The Balaban J connectivity index is 2.03. The number of nitrogens with zero attached hydrogens (tertiary/aromatic N) is 1. The Morgan fingerprint density at radius 3 is 2.14 bits per heavy atom. The van der Waals surface area contributed by atoms with Gasteiger partial charge >= 0.3 is 18.2 Å². The number of carbonyl (C=O) groups is 2. The molecule has 0 radical (unpaired) electrons. The smallest absolute Gasteiger partial charge is 0.416 e. The van der Waals surface area contributed by atoms with E-state index in [2.05, 4.69) is 13.8 Å². The molecule has 1 aromatic carbocycles. The fourth-order valence-electron chi connectivity index (χ4n) is 6.20. The third kappa shape index (κ3) is 6.80. The van der Waals surface area contributed by atoms with Crippen LogP contribution in [0.3, 0.4) is 0 Å². The third-order valence-electron chi connectivity index (χ3n) is 8.27. The van der Waals surface area contributed by atoms with Gasteiger partial charge in [0.1, 0.15) is 5.60 Å². The molecule has 0 heterocycles. The first-order valence-corrected chi connectivity index (χ1v) is 13.4. The Kier molecular flexibility index (Phi) is 8.60. The van der Waals surface area contributed by atoms with Crippen LogP contribution < -0.4 is 0 Å². The van der Waals surface area contributed by atoms with Gasteiger partial charge in [0.15, 0.2) is 0 Å². The molecule has 3 aliphatic rings. The highest BCUT2D eigenvalue weighted by Gasteiger charge is 2.58. The summed E-state index contributed by atoms with van der Waals surface area (Å²) in [5.74, 6) is -0.0398. The number of benzene rings is 1. The number of hydrogen-bond acceptors (Lipinski definition) is 4. The highest BCUT2D eigenvalue weighted by Crippen LogP contribution is 2.62. The summed E-state index contributed by atoms with van der Waals surface area (Å²) in [4.78, 5) is 27.5. The molecule has 5 nitrogen and oxygen atoms in total. The van der Waals surface area contributed by atoms with Gasteiger partial charge in [0, 0.05) is 18.9 Å². The van der Waals surface area contributed by atoms with Crippen molar-refractivity contribution in [2.24, 2.45) is 11.3 Å². The summed E-state index contributed by atoms with van der Waals surface area (Å²) in [6.45, 7) is 10.3. The number of methoxy groups -OCH3 is 1. The number of rotatable bonds is 8. The first-order chi connectivity index (χ1) is 17.1. The van der Waals surface area contributed by atoms with Gasteiger partial charge in [0.05, 0.1) is 18.2 Å². The quantitative estimate of drug-likeness (QED) is 0.326.